The molecule has 37 heavy (non-hydrogen) atoms. The predicted octanol–water partition coefficient (Wildman–Crippen LogP) is 3.26. The maximum absolute atomic E-state index is 11.8. The van der Waals surface area contributed by atoms with Crippen molar-refractivity contribution in [2.45, 2.75) is 96.6 Å². The molecule has 4 aliphatic rings. The summed E-state index contributed by atoms with van der Waals surface area (Å²) in [5.41, 5.74) is -0.668. The van der Waals surface area contributed by atoms with Gasteiger partial charge in [0, 0.05) is 23.7 Å². The Balaban J connectivity index is 1.78. The zero-order chi connectivity index (χ0) is 26.8. The summed E-state index contributed by atoms with van der Waals surface area (Å²) < 4.78 is 22.7. The Hall–Kier alpha value is -2.45. The molecular weight excluding hydrogens is 480 g/mol. The Morgan fingerprint density at radius 3 is 2.11 bits per heavy atom. The third kappa shape index (κ3) is 4.46. The average Bonchev–Trinajstić information content (AvgIpc) is 3.24. The minimum Gasteiger partial charge on any atom is -0.465 e. The number of rotatable bonds is 12. The largest absolute Gasteiger partial charge is 0.465 e. The zero-order valence-corrected chi connectivity index (χ0v) is 22.0. The summed E-state index contributed by atoms with van der Waals surface area (Å²) in [6.45, 7) is 8.43. The third-order valence-corrected chi connectivity index (χ3v) is 11.1. The standard InChI is InChI=1S/C28H40O9/c1-17(5-4-10-29)19-6-7-20-24-21(12-23(35-14-31)28(19,20)3)27(2)9-8-18(34-13-30)11-22(27)25(36-15-32)26(24)37-16-33/h10,13-26H,4-9,11-12H2,1-3H3/t17-,18-,19-,20+,21+,22+,23+,24+,25-,26+,27-,28-/m1/s1. The van der Waals surface area contributed by atoms with Crippen molar-refractivity contribution in [1.29, 1.82) is 0 Å². The van der Waals surface area contributed by atoms with Crippen molar-refractivity contribution in [3.8, 4) is 0 Å². The number of hydrogen-bond acceptors (Lipinski definition) is 9. The number of carbonyl (C=O) groups excluding carboxylic acids is 5. The molecule has 4 fully saturated rings. The maximum atomic E-state index is 11.8. The van der Waals surface area contributed by atoms with E-state index in [1.54, 1.807) is 0 Å². The highest BCUT2D eigenvalue weighted by Crippen LogP contribution is 2.69. The van der Waals surface area contributed by atoms with Gasteiger partial charge in [-0.2, -0.15) is 0 Å². The Kier molecular flexibility index (Phi) is 8.29. The average molecular weight is 521 g/mol. The first-order chi connectivity index (χ1) is 17.8. The Morgan fingerprint density at radius 1 is 0.784 bits per heavy atom. The van der Waals surface area contributed by atoms with Gasteiger partial charge in [0.1, 0.15) is 30.7 Å². The molecule has 0 aromatic heterocycles. The number of aldehydes is 1. The van der Waals surface area contributed by atoms with E-state index in [4.69, 9.17) is 18.9 Å². The van der Waals surface area contributed by atoms with Crippen molar-refractivity contribution in [3.05, 3.63) is 0 Å². The first-order valence-corrected chi connectivity index (χ1v) is 13.6. The van der Waals surface area contributed by atoms with Gasteiger partial charge >= 0.3 is 0 Å². The summed E-state index contributed by atoms with van der Waals surface area (Å²) >= 11 is 0. The lowest BCUT2D eigenvalue weighted by Crippen LogP contribution is -2.67. The summed E-state index contributed by atoms with van der Waals surface area (Å²) in [5.74, 6) is 0.340. The first-order valence-electron chi connectivity index (χ1n) is 13.6. The number of carbonyl (C=O) groups is 5. The van der Waals surface area contributed by atoms with Crippen LogP contribution in [0.2, 0.25) is 0 Å². The summed E-state index contributed by atoms with van der Waals surface area (Å²) in [5, 5.41) is 0. The molecule has 0 saturated heterocycles. The SMILES string of the molecule is C[C@H](CCC=O)[C@H]1CC[C@H]2[C@@H]3[C@H](OC=O)[C@H](OC=O)[C@@H]4C[C@H](OC=O)CC[C@]4(C)[C@H]3C[C@H](OC=O)[C@]12C. The molecule has 0 amide bonds. The molecule has 9 heteroatoms. The minimum absolute atomic E-state index is 0.0539. The van der Waals surface area contributed by atoms with Crippen LogP contribution in [0.1, 0.15) is 72.1 Å². The maximum Gasteiger partial charge on any atom is 0.293 e. The molecule has 4 rings (SSSR count). The molecule has 0 unspecified atom stereocenters. The van der Waals surface area contributed by atoms with Crippen molar-refractivity contribution in [3.63, 3.8) is 0 Å². The van der Waals surface area contributed by atoms with E-state index in [1.165, 1.54) is 0 Å². The Morgan fingerprint density at radius 2 is 1.46 bits per heavy atom. The Labute approximate surface area is 218 Å². The fourth-order valence-electron chi connectivity index (χ4n) is 9.54. The fourth-order valence-corrected chi connectivity index (χ4v) is 9.54. The van der Waals surface area contributed by atoms with E-state index in [2.05, 4.69) is 20.8 Å². The van der Waals surface area contributed by atoms with Gasteiger partial charge < -0.3 is 23.7 Å². The van der Waals surface area contributed by atoms with Crippen LogP contribution in [0.3, 0.4) is 0 Å². The van der Waals surface area contributed by atoms with Crippen LogP contribution in [0, 0.1) is 46.3 Å². The molecule has 0 aromatic carbocycles. The van der Waals surface area contributed by atoms with E-state index >= 15 is 0 Å². The lowest BCUT2D eigenvalue weighted by Gasteiger charge is -2.65. The second-order valence-electron chi connectivity index (χ2n) is 12.2. The molecule has 4 saturated carbocycles. The molecule has 9 nitrogen and oxygen atoms in total. The van der Waals surface area contributed by atoms with Crippen molar-refractivity contribution in [2.24, 2.45) is 46.3 Å². The molecule has 0 bridgehead atoms. The van der Waals surface area contributed by atoms with E-state index < -0.39 is 12.2 Å². The zero-order valence-electron chi connectivity index (χ0n) is 22.0. The number of fused-ring (bicyclic) bond motifs is 5. The second-order valence-corrected chi connectivity index (χ2v) is 12.2. The van der Waals surface area contributed by atoms with Crippen LogP contribution in [0.15, 0.2) is 0 Å². The van der Waals surface area contributed by atoms with E-state index in [0.29, 0.717) is 51.6 Å². The molecule has 0 spiro atoms. The van der Waals surface area contributed by atoms with Crippen molar-refractivity contribution < 1.29 is 42.9 Å². The molecule has 0 aliphatic heterocycles. The predicted molar refractivity (Wildman–Crippen MR) is 130 cm³/mol. The quantitative estimate of drug-likeness (QED) is 0.282. The normalized spacial score (nSPS) is 45.1. The smallest absolute Gasteiger partial charge is 0.293 e. The van der Waals surface area contributed by atoms with Gasteiger partial charge in [0.05, 0.1) is 0 Å². The van der Waals surface area contributed by atoms with Crippen LogP contribution in [0.25, 0.3) is 0 Å². The van der Waals surface area contributed by atoms with Crippen molar-refractivity contribution in [1.82, 2.24) is 0 Å². The number of hydrogen-bond donors (Lipinski definition) is 0. The summed E-state index contributed by atoms with van der Waals surface area (Å²) in [4.78, 5) is 57.4. The molecule has 0 heterocycles. The van der Waals surface area contributed by atoms with E-state index in [0.717, 1.165) is 32.0 Å². The summed E-state index contributed by atoms with van der Waals surface area (Å²) in [6, 6.07) is 0. The van der Waals surface area contributed by atoms with Gasteiger partial charge in [-0.05, 0) is 74.0 Å². The van der Waals surface area contributed by atoms with Gasteiger partial charge in [-0.15, -0.1) is 0 Å². The lowest BCUT2D eigenvalue weighted by atomic mass is 9.42. The highest BCUT2D eigenvalue weighted by molar-refractivity contribution is 5.49. The van der Waals surface area contributed by atoms with Crippen LogP contribution in [-0.4, -0.2) is 56.6 Å². The second kappa shape index (κ2) is 11.1. The van der Waals surface area contributed by atoms with Crippen molar-refractivity contribution in [2.75, 3.05) is 0 Å². The van der Waals surface area contributed by atoms with Gasteiger partial charge in [0.25, 0.3) is 25.9 Å². The van der Waals surface area contributed by atoms with Crippen molar-refractivity contribution >= 4 is 32.2 Å². The van der Waals surface area contributed by atoms with Crippen LogP contribution in [-0.2, 0) is 42.9 Å². The van der Waals surface area contributed by atoms with Gasteiger partial charge in [0.2, 0.25) is 0 Å². The molecule has 0 radical (unpaired) electrons. The summed E-state index contributed by atoms with van der Waals surface area (Å²) in [7, 11) is 0. The third-order valence-electron chi connectivity index (χ3n) is 11.1. The van der Waals surface area contributed by atoms with E-state index in [-0.39, 0.29) is 58.5 Å². The number of ether oxygens (including phenoxy) is 4. The highest BCUT2D eigenvalue weighted by Gasteiger charge is 2.70. The van der Waals surface area contributed by atoms with Gasteiger partial charge in [-0.3, -0.25) is 19.2 Å². The summed E-state index contributed by atoms with van der Waals surface area (Å²) in [6.07, 6.45) is 4.63. The molecule has 0 aromatic rings. The van der Waals surface area contributed by atoms with Crippen LogP contribution < -0.4 is 0 Å². The molecule has 206 valence electrons. The Bertz CT molecular complexity index is 863. The fraction of sp³-hybridized carbons (Fsp3) is 0.821. The minimum atomic E-state index is -0.661. The molecule has 0 N–H and O–H groups in total. The van der Waals surface area contributed by atoms with Gasteiger partial charge in [-0.1, -0.05) is 20.8 Å². The highest BCUT2D eigenvalue weighted by atomic mass is 16.6. The van der Waals surface area contributed by atoms with Crippen LogP contribution >= 0.6 is 0 Å². The van der Waals surface area contributed by atoms with Crippen LogP contribution in [0.5, 0.6) is 0 Å². The van der Waals surface area contributed by atoms with Gasteiger partial charge in [-0.25, -0.2) is 0 Å². The lowest BCUT2D eigenvalue weighted by molar-refractivity contribution is -0.251. The van der Waals surface area contributed by atoms with E-state index in [9.17, 15) is 24.0 Å². The molecular formula is C28H40O9. The van der Waals surface area contributed by atoms with E-state index in [1.807, 2.05) is 0 Å². The first kappa shape index (κ1) is 27.6. The molecule has 4 aliphatic carbocycles. The van der Waals surface area contributed by atoms with Gasteiger partial charge in [0.15, 0.2) is 0 Å². The van der Waals surface area contributed by atoms with Crippen LogP contribution in [0.4, 0.5) is 0 Å². The topological polar surface area (TPSA) is 122 Å². The monoisotopic (exact) mass is 520 g/mol. The molecule has 12 atom stereocenters.